The van der Waals surface area contributed by atoms with Crippen LogP contribution in [0.3, 0.4) is 0 Å². The van der Waals surface area contributed by atoms with E-state index in [4.69, 9.17) is 4.84 Å². The van der Waals surface area contributed by atoms with Gasteiger partial charge in [-0.05, 0) is 103 Å². The van der Waals surface area contributed by atoms with E-state index in [1.54, 1.807) is 14.2 Å². The lowest BCUT2D eigenvalue weighted by Gasteiger charge is -2.70. The predicted molar refractivity (Wildman–Crippen MR) is 145 cm³/mol. The first-order valence-corrected chi connectivity index (χ1v) is 14.8. The van der Waals surface area contributed by atoms with E-state index >= 15 is 0 Å². The molecular weight excluding hydrogens is 462 g/mol. The van der Waals surface area contributed by atoms with Gasteiger partial charge in [0.15, 0.2) is 5.78 Å². The number of ketones is 1. The molecule has 0 saturated heterocycles. The van der Waals surface area contributed by atoms with Crippen molar-refractivity contribution in [3.8, 4) is 0 Å². The van der Waals surface area contributed by atoms with Gasteiger partial charge in [0, 0.05) is 18.4 Å². The Balaban J connectivity index is 1.59. The molecule has 4 saturated carbocycles. The van der Waals surface area contributed by atoms with Gasteiger partial charge in [0.25, 0.3) is 5.91 Å². The highest BCUT2D eigenvalue weighted by Gasteiger charge is 2.70. The van der Waals surface area contributed by atoms with Gasteiger partial charge < -0.3 is 5.11 Å². The van der Waals surface area contributed by atoms with Gasteiger partial charge in [-0.2, -0.15) is 0 Å². The zero-order valence-electron chi connectivity index (χ0n) is 24.9. The average Bonchev–Trinajstić information content (AvgIpc) is 2.83. The Morgan fingerprint density at radius 2 is 1.62 bits per heavy atom. The molecule has 5 rings (SSSR count). The summed E-state index contributed by atoms with van der Waals surface area (Å²) in [6, 6.07) is 0. The van der Waals surface area contributed by atoms with E-state index in [1.165, 1.54) is 10.6 Å². The summed E-state index contributed by atoms with van der Waals surface area (Å²) in [6.07, 6.45) is 10.5. The summed E-state index contributed by atoms with van der Waals surface area (Å²) in [5.41, 5.74) is 0.528. The number of nitrogens with zero attached hydrogens (tertiary/aromatic N) is 1. The third kappa shape index (κ3) is 3.41. The van der Waals surface area contributed by atoms with Crippen LogP contribution in [0.5, 0.6) is 0 Å². The number of fused-ring (bicyclic) bond motifs is 7. The normalized spacial score (nSPS) is 50.6. The number of carbonyl (C=O) groups excluding carboxylic acids is 2. The van der Waals surface area contributed by atoms with Crippen LogP contribution >= 0.6 is 0 Å². The summed E-state index contributed by atoms with van der Waals surface area (Å²) in [7, 11) is 3.26. The minimum atomic E-state index is -0.484. The summed E-state index contributed by atoms with van der Waals surface area (Å²) in [6.45, 7) is 16.2. The molecule has 0 spiro atoms. The van der Waals surface area contributed by atoms with Gasteiger partial charge in [0.1, 0.15) is 0 Å². The maximum atomic E-state index is 14.4. The molecular formula is C32H51NO4. The smallest absolute Gasteiger partial charge is 0.251 e. The van der Waals surface area contributed by atoms with Crippen molar-refractivity contribution in [3.05, 3.63) is 11.6 Å². The topological polar surface area (TPSA) is 66.8 Å². The number of allylic oxidation sites excluding steroid dienone is 2. The quantitative estimate of drug-likeness (QED) is 0.437. The van der Waals surface area contributed by atoms with E-state index in [-0.39, 0.29) is 50.9 Å². The zero-order chi connectivity index (χ0) is 27.4. The molecule has 208 valence electrons. The number of aliphatic hydroxyl groups excluding tert-OH is 1. The fourth-order valence-electron chi connectivity index (χ4n) is 10.8. The minimum Gasteiger partial charge on any atom is -0.393 e. The van der Waals surface area contributed by atoms with Crippen LogP contribution in [0.2, 0.25) is 0 Å². The number of amides is 1. The third-order valence-corrected chi connectivity index (χ3v) is 13.6. The van der Waals surface area contributed by atoms with Crippen molar-refractivity contribution < 1.29 is 19.5 Å². The minimum absolute atomic E-state index is 0.0140. The van der Waals surface area contributed by atoms with Gasteiger partial charge in [0.2, 0.25) is 0 Å². The third-order valence-electron chi connectivity index (χ3n) is 13.6. The van der Waals surface area contributed by atoms with E-state index in [0.717, 1.165) is 57.8 Å². The first-order valence-electron chi connectivity index (χ1n) is 14.8. The van der Waals surface area contributed by atoms with E-state index < -0.39 is 5.41 Å². The molecule has 1 N–H and O–H groups in total. The second-order valence-corrected chi connectivity index (χ2v) is 15.6. The molecule has 0 aliphatic heterocycles. The molecule has 9 atom stereocenters. The van der Waals surface area contributed by atoms with Crippen LogP contribution in [0, 0.1) is 50.2 Å². The molecule has 0 unspecified atom stereocenters. The lowest BCUT2D eigenvalue weighted by atomic mass is 9.33. The Morgan fingerprint density at radius 1 is 0.973 bits per heavy atom. The van der Waals surface area contributed by atoms with Gasteiger partial charge in [0.05, 0.1) is 13.2 Å². The Labute approximate surface area is 224 Å². The van der Waals surface area contributed by atoms with Crippen molar-refractivity contribution in [3.63, 3.8) is 0 Å². The number of hydrogen-bond acceptors (Lipinski definition) is 4. The van der Waals surface area contributed by atoms with Crippen LogP contribution in [-0.2, 0) is 14.4 Å². The maximum Gasteiger partial charge on any atom is 0.251 e. The molecule has 0 heterocycles. The Morgan fingerprint density at radius 3 is 2.27 bits per heavy atom. The van der Waals surface area contributed by atoms with Crippen LogP contribution in [0.1, 0.15) is 106 Å². The highest BCUT2D eigenvalue weighted by atomic mass is 16.7. The summed E-state index contributed by atoms with van der Waals surface area (Å²) < 4.78 is 0. The number of rotatable bonds is 2. The molecule has 4 fully saturated rings. The first-order chi connectivity index (χ1) is 17.0. The Kier molecular flexibility index (Phi) is 6.04. The van der Waals surface area contributed by atoms with Gasteiger partial charge in [-0.3, -0.25) is 14.4 Å². The fourth-order valence-corrected chi connectivity index (χ4v) is 10.8. The molecule has 5 aliphatic carbocycles. The molecule has 0 radical (unpaired) electrons. The highest BCUT2D eigenvalue weighted by molar-refractivity contribution is 5.95. The van der Waals surface area contributed by atoms with Crippen LogP contribution < -0.4 is 0 Å². The fraction of sp³-hybridized carbons (Fsp3) is 0.875. The lowest BCUT2D eigenvalue weighted by Crippen LogP contribution is -2.66. The lowest BCUT2D eigenvalue weighted by molar-refractivity contribution is -0.203. The summed E-state index contributed by atoms with van der Waals surface area (Å²) in [5, 5.41) is 12.3. The summed E-state index contributed by atoms with van der Waals surface area (Å²) in [5.74, 6) is 0.924. The van der Waals surface area contributed by atoms with Crippen molar-refractivity contribution in [1.29, 1.82) is 0 Å². The van der Waals surface area contributed by atoms with Gasteiger partial charge in [-0.25, -0.2) is 5.06 Å². The molecule has 37 heavy (non-hydrogen) atoms. The van der Waals surface area contributed by atoms with E-state index in [9.17, 15) is 14.7 Å². The zero-order valence-corrected chi connectivity index (χ0v) is 24.9. The molecule has 0 bridgehead atoms. The molecule has 0 aromatic heterocycles. The number of hydroxylamine groups is 2. The first kappa shape index (κ1) is 27.4. The van der Waals surface area contributed by atoms with Crippen LogP contribution in [-0.4, -0.2) is 42.1 Å². The predicted octanol–water partition coefficient (Wildman–Crippen LogP) is 6.35. The second-order valence-electron chi connectivity index (χ2n) is 15.6. The number of aliphatic hydroxyl groups is 1. The molecule has 1 amide bonds. The molecule has 5 nitrogen and oxygen atoms in total. The maximum absolute atomic E-state index is 14.4. The van der Waals surface area contributed by atoms with E-state index in [0.29, 0.717) is 11.7 Å². The van der Waals surface area contributed by atoms with Crippen molar-refractivity contribution in [2.75, 3.05) is 14.2 Å². The van der Waals surface area contributed by atoms with E-state index in [2.05, 4.69) is 54.5 Å². The van der Waals surface area contributed by atoms with Crippen molar-refractivity contribution in [2.45, 2.75) is 112 Å². The monoisotopic (exact) mass is 513 g/mol. The van der Waals surface area contributed by atoms with Crippen molar-refractivity contribution in [2.24, 2.45) is 50.2 Å². The Bertz CT molecular complexity index is 1030. The second kappa shape index (κ2) is 8.16. The largest absolute Gasteiger partial charge is 0.393 e. The summed E-state index contributed by atoms with van der Waals surface area (Å²) >= 11 is 0. The van der Waals surface area contributed by atoms with Gasteiger partial charge in [-0.1, -0.05) is 54.0 Å². The molecule has 0 aromatic rings. The Hall–Kier alpha value is -1.20. The number of hydrogen-bond donors (Lipinski definition) is 1. The number of carbonyl (C=O) groups is 2. The van der Waals surface area contributed by atoms with Gasteiger partial charge >= 0.3 is 0 Å². The van der Waals surface area contributed by atoms with Crippen LogP contribution in [0.4, 0.5) is 0 Å². The van der Waals surface area contributed by atoms with Crippen LogP contribution in [0.15, 0.2) is 11.6 Å². The molecule has 0 aromatic carbocycles. The summed E-state index contributed by atoms with van der Waals surface area (Å²) in [4.78, 5) is 33.1. The molecule has 5 aliphatic rings. The average molecular weight is 514 g/mol. The standard InChI is InChI=1S/C32H51NO4/c1-27(2)23-10-13-32(7)25(30(23,5)12-11-24(27)35)22(34)18-20-21-19-29(4,26(36)33(8)37-9)15-14-28(21,3)16-17-31(20,32)6/h18,21,23-25,35H,10-17,19H2,1-9H3/t21-,23-,24-,25+,28+,29-,30-,31+,32+/m0/s1. The van der Waals surface area contributed by atoms with Gasteiger partial charge in [-0.15, -0.1) is 0 Å². The molecule has 5 heteroatoms. The van der Waals surface area contributed by atoms with Crippen LogP contribution in [0.25, 0.3) is 0 Å². The van der Waals surface area contributed by atoms with Crippen molar-refractivity contribution in [1.82, 2.24) is 5.06 Å². The highest BCUT2D eigenvalue weighted by Crippen LogP contribution is 2.75. The SMILES string of the molecule is CON(C)C(=O)[C@@]1(C)CC[C@]2(C)CC[C@]3(C)C(=CC(=O)[C@@H]4[C@@]5(C)CC[C@H](O)C(C)(C)[C@@H]5CC[C@]43C)[C@@H]2C1. The van der Waals surface area contributed by atoms with Crippen molar-refractivity contribution >= 4 is 11.7 Å². The van der Waals surface area contributed by atoms with E-state index in [1.807, 2.05) is 0 Å².